The minimum Gasteiger partial charge on any atom is -0.0853 e. The quantitative estimate of drug-likeness (QED) is 0.478. The van der Waals surface area contributed by atoms with Gasteiger partial charge in [0, 0.05) is 0 Å². The van der Waals surface area contributed by atoms with Gasteiger partial charge in [-0.05, 0) is 106 Å². The summed E-state index contributed by atoms with van der Waals surface area (Å²) in [5.74, 6) is 6.30. The fraction of sp³-hybridized carbons (Fsp3) is 0.909. The second-order valence-electron chi connectivity index (χ2n) is 9.59. The van der Waals surface area contributed by atoms with E-state index >= 15 is 0 Å². The summed E-state index contributed by atoms with van der Waals surface area (Å²) in [5.41, 5.74) is 2.40. The van der Waals surface area contributed by atoms with Crippen molar-refractivity contribution in [3.8, 4) is 0 Å². The van der Waals surface area contributed by atoms with Crippen LogP contribution in [0.1, 0.15) is 85.0 Å². The second kappa shape index (κ2) is 5.67. The molecule has 3 saturated carbocycles. The maximum atomic E-state index is 2.68. The third kappa shape index (κ3) is 2.31. The maximum absolute atomic E-state index is 2.68. The molecule has 2 bridgehead atoms. The zero-order valence-corrected chi connectivity index (χ0v) is 15.1. The Labute approximate surface area is 138 Å². The van der Waals surface area contributed by atoms with Crippen molar-refractivity contribution < 1.29 is 0 Å². The van der Waals surface area contributed by atoms with Crippen LogP contribution in [-0.2, 0) is 0 Å². The SMILES string of the molecule is CC[C@H]1CCC2C3CCC4CC(C)=CC[C@H](C4)C3CC[C@@]21C. The molecule has 0 aromatic rings. The molecule has 0 heterocycles. The van der Waals surface area contributed by atoms with Gasteiger partial charge in [-0.1, -0.05) is 31.9 Å². The average molecular weight is 301 g/mol. The highest BCUT2D eigenvalue weighted by Crippen LogP contribution is 2.63. The number of hydrogen-bond donors (Lipinski definition) is 0. The lowest BCUT2D eigenvalue weighted by atomic mass is 9.55. The van der Waals surface area contributed by atoms with Crippen LogP contribution >= 0.6 is 0 Å². The Kier molecular flexibility index (Phi) is 3.94. The maximum Gasteiger partial charge on any atom is -0.0266 e. The molecule has 4 rings (SSSR count). The van der Waals surface area contributed by atoms with E-state index in [-0.39, 0.29) is 0 Å². The lowest BCUT2D eigenvalue weighted by Gasteiger charge is -2.50. The Morgan fingerprint density at radius 3 is 2.77 bits per heavy atom. The molecule has 0 heteroatoms. The first-order valence-electron chi connectivity index (χ1n) is 10.3. The van der Waals surface area contributed by atoms with Crippen LogP contribution in [0.5, 0.6) is 0 Å². The lowest BCUT2D eigenvalue weighted by molar-refractivity contribution is -0.00921. The van der Waals surface area contributed by atoms with Crippen molar-refractivity contribution in [3.63, 3.8) is 0 Å². The molecule has 0 saturated heterocycles. The van der Waals surface area contributed by atoms with Crippen molar-refractivity contribution in [2.45, 2.75) is 85.0 Å². The van der Waals surface area contributed by atoms with Gasteiger partial charge in [0.05, 0.1) is 0 Å². The van der Waals surface area contributed by atoms with Crippen LogP contribution in [0.2, 0.25) is 0 Å². The molecule has 3 fully saturated rings. The van der Waals surface area contributed by atoms with Crippen LogP contribution in [0.15, 0.2) is 11.6 Å². The van der Waals surface area contributed by atoms with Gasteiger partial charge in [-0.15, -0.1) is 0 Å². The summed E-state index contributed by atoms with van der Waals surface area (Å²) in [7, 11) is 0. The van der Waals surface area contributed by atoms with E-state index in [1.165, 1.54) is 32.1 Å². The van der Waals surface area contributed by atoms with Crippen LogP contribution in [0.4, 0.5) is 0 Å². The van der Waals surface area contributed by atoms with Crippen LogP contribution in [0.3, 0.4) is 0 Å². The predicted molar refractivity (Wildman–Crippen MR) is 94.6 cm³/mol. The van der Waals surface area contributed by atoms with Crippen LogP contribution in [0, 0.1) is 40.9 Å². The summed E-state index contributed by atoms with van der Waals surface area (Å²) >= 11 is 0. The molecule has 4 unspecified atom stereocenters. The predicted octanol–water partition coefficient (Wildman–Crippen LogP) is 6.61. The molecule has 0 radical (unpaired) electrons. The van der Waals surface area contributed by atoms with Crippen molar-refractivity contribution in [1.29, 1.82) is 0 Å². The van der Waals surface area contributed by atoms with Crippen molar-refractivity contribution in [1.82, 2.24) is 0 Å². The summed E-state index contributed by atoms with van der Waals surface area (Å²) in [4.78, 5) is 0. The summed E-state index contributed by atoms with van der Waals surface area (Å²) in [6.45, 7) is 7.51. The van der Waals surface area contributed by atoms with Gasteiger partial charge in [0.15, 0.2) is 0 Å². The molecule has 0 nitrogen and oxygen atoms in total. The number of hydrogen-bond acceptors (Lipinski definition) is 0. The summed E-state index contributed by atoms with van der Waals surface area (Å²) < 4.78 is 0. The van der Waals surface area contributed by atoms with E-state index in [9.17, 15) is 0 Å². The first-order valence-corrected chi connectivity index (χ1v) is 10.3. The molecule has 0 spiro atoms. The van der Waals surface area contributed by atoms with E-state index in [0.29, 0.717) is 5.41 Å². The monoisotopic (exact) mass is 300 g/mol. The molecule has 22 heavy (non-hydrogen) atoms. The van der Waals surface area contributed by atoms with E-state index < -0.39 is 0 Å². The fourth-order valence-electron chi connectivity index (χ4n) is 7.59. The van der Waals surface area contributed by atoms with Gasteiger partial charge in [0.25, 0.3) is 0 Å². The highest BCUT2D eigenvalue weighted by Gasteiger charge is 2.54. The highest BCUT2D eigenvalue weighted by molar-refractivity contribution is 5.09. The molecule has 0 N–H and O–H groups in total. The third-order valence-electron chi connectivity index (χ3n) is 8.71. The molecule has 124 valence electrons. The molecule has 4 aliphatic carbocycles. The van der Waals surface area contributed by atoms with Gasteiger partial charge >= 0.3 is 0 Å². The van der Waals surface area contributed by atoms with E-state index in [4.69, 9.17) is 0 Å². The van der Waals surface area contributed by atoms with Gasteiger partial charge in [0.1, 0.15) is 0 Å². The summed E-state index contributed by atoms with van der Waals surface area (Å²) in [6, 6.07) is 0. The minimum atomic E-state index is 0.705. The topological polar surface area (TPSA) is 0 Å². The van der Waals surface area contributed by atoms with E-state index in [1.54, 1.807) is 37.7 Å². The van der Waals surface area contributed by atoms with Crippen molar-refractivity contribution >= 4 is 0 Å². The molecular weight excluding hydrogens is 264 g/mol. The van der Waals surface area contributed by atoms with Crippen LogP contribution in [-0.4, -0.2) is 0 Å². The molecule has 0 amide bonds. The van der Waals surface area contributed by atoms with Crippen molar-refractivity contribution in [2.24, 2.45) is 40.9 Å². The zero-order valence-electron chi connectivity index (χ0n) is 15.1. The smallest absolute Gasteiger partial charge is 0.0266 e. The van der Waals surface area contributed by atoms with Crippen molar-refractivity contribution in [2.75, 3.05) is 0 Å². The Morgan fingerprint density at radius 2 is 1.95 bits per heavy atom. The van der Waals surface area contributed by atoms with E-state index in [0.717, 1.165) is 35.5 Å². The third-order valence-corrected chi connectivity index (χ3v) is 8.71. The van der Waals surface area contributed by atoms with Gasteiger partial charge in [0.2, 0.25) is 0 Å². The Morgan fingerprint density at radius 1 is 1.09 bits per heavy atom. The second-order valence-corrected chi connectivity index (χ2v) is 9.59. The average Bonchev–Trinajstić information content (AvgIpc) is 2.63. The largest absolute Gasteiger partial charge is 0.0853 e. The fourth-order valence-corrected chi connectivity index (χ4v) is 7.59. The van der Waals surface area contributed by atoms with Crippen LogP contribution < -0.4 is 0 Å². The Balaban J connectivity index is 1.61. The molecular formula is C22H36. The Bertz CT molecular complexity index is 447. The van der Waals surface area contributed by atoms with Gasteiger partial charge < -0.3 is 0 Å². The highest BCUT2D eigenvalue weighted by atomic mass is 14.6. The van der Waals surface area contributed by atoms with E-state index in [2.05, 4.69) is 26.8 Å². The lowest BCUT2D eigenvalue weighted by Crippen LogP contribution is -2.42. The summed E-state index contributed by atoms with van der Waals surface area (Å²) in [5, 5.41) is 0. The summed E-state index contributed by atoms with van der Waals surface area (Å²) in [6.07, 6.45) is 17.7. The minimum absolute atomic E-state index is 0.705. The first-order chi connectivity index (χ1) is 10.6. The van der Waals surface area contributed by atoms with Crippen molar-refractivity contribution in [3.05, 3.63) is 11.6 Å². The van der Waals surface area contributed by atoms with Gasteiger partial charge in [-0.2, -0.15) is 0 Å². The number of allylic oxidation sites excluding steroid dienone is 2. The number of fused-ring (bicyclic) bond motifs is 6. The van der Waals surface area contributed by atoms with Gasteiger partial charge in [-0.3, -0.25) is 0 Å². The normalized spacial score (nSPS) is 51.3. The van der Waals surface area contributed by atoms with Crippen LogP contribution in [0.25, 0.3) is 0 Å². The molecule has 0 aromatic heterocycles. The number of rotatable bonds is 1. The first kappa shape index (κ1) is 15.3. The molecule has 0 aromatic carbocycles. The standard InChI is InChI=1S/C22H36/c1-4-18-8-10-21-20-9-6-16-13-15(2)5-7-17(14-16)19(20)11-12-22(18,21)3/h5,16-21H,4,6-14H2,1-3H3/t16?,17-,18+,19?,20?,21?,22-/m1/s1. The molecule has 7 atom stereocenters. The molecule has 4 aliphatic rings. The van der Waals surface area contributed by atoms with Gasteiger partial charge in [-0.25, -0.2) is 0 Å². The zero-order chi connectivity index (χ0) is 15.3. The Hall–Kier alpha value is -0.260. The molecule has 0 aliphatic heterocycles. The van der Waals surface area contributed by atoms with E-state index in [1.807, 2.05) is 0 Å².